The molecule has 4 unspecified atom stereocenters. The molecule has 88 valence electrons. The van der Waals surface area contributed by atoms with Crippen LogP contribution < -0.4 is 0 Å². The molecule has 0 N–H and O–H groups in total. The monoisotopic (exact) mass is 217 g/mol. The number of nitrogens with zero attached hydrogens (tertiary/aromatic N) is 1. The molecule has 0 aromatic rings. The van der Waals surface area contributed by atoms with Gasteiger partial charge >= 0.3 is 0 Å². The van der Waals surface area contributed by atoms with Gasteiger partial charge in [-0.1, -0.05) is 18.8 Å². The summed E-state index contributed by atoms with van der Waals surface area (Å²) < 4.78 is 0. The molecule has 2 aliphatic carbocycles. The van der Waals surface area contributed by atoms with Crippen molar-refractivity contribution in [2.45, 2.75) is 38.5 Å². The first-order valence-electron chi connectivity index (χ1n) is 7.04. The second-order valence-corrected chi connectivity index (χ2v) is 6.11. The van der Waals surface area contributed by atoms with Crippen LogP contribution in [0.25, 0.3) is 0 Å². The largest absolute Gasteiger partial charge is 0.292 e. The van der Waals surface area contributed by atoms with E-state index in [4.69, 9.17) is 6.42 Å². The third-order valence-corrected chi connectivity index (χ3v) is 5.29. The maximum Gasteiger partial charge on any atom is 0.0599 e. The third-order valence-electron chi connectivity index (χ3n) is 5.29. The summed E-state index contributed by atoms with van der Waals surface area (Å²) in [5.41, 5.74) is 0. The summed E-state index contributed by atoms with van der Waals surface area (Å²) in [6.07, 6.45) is 14.4. The third kappa shape index (κ3) is 1.78. The van der Waals surface area contributed by atoms with Crippen LogP contribution in [0.3, 0.4) is 0 Å². The second kappa shape index (κ2) is 4.41. The lowest BCUT2D eigenvalue weighted by atomic mass is 9.62. The van der Waals surface area contributed by atoms with Gasteiger partial charge in [0.15, 0.2) is 0 Å². The first-order chi connectivity index (χ1) is 7.88. The maximum absolute atomic E-state index is 5.48. The number of hydrogen-bond acceptors (Lipinski definition) is 1. The molecular formula is C15H23N. The van der Waals surface area contributed by atoms with Crippen molar-refractivity contribution < 1.29 is 0 Å². The molecule has 4 aliphatic rings. The summed E-state index contributed by atoms with van der Waals surface area (Å²) in [5, 5.41) is 0. The van der Waals surface area contributed by atoms with E-state index in [1.165, 1.54) is 51.6 Å². The summed E-state index contributed by atoms with van der Waals surface area (Å²) in [6, 6.07) is 0. The average Bonchev–Trinajstić information content (AvgIpc) is 2.60. The van der Waals surface area contributed by atoms with Crippen LogP contribution in [-0.2, 0) is 0 Å². The van der Waals surface area contributed by atoms with Crippen LogP contribution in [0, 0.1) is 36.0 Å². The highest BCUT2D eigenvalue weighted by molar-refractivity contribution is 4.98. The first kappa shape index (κ1) is 10.7. The Hall–Kier alpha value is -0.480. The molecule has 2 bridgehead atoms. The predicted molar refractivity (Wildman–Crippen MR) is 66.9 cm³/mol. The van der Waals surface area contributed by atoms with Gasteiger partial charge in [-0.25, -0.2) is 0 Å². The first-order valence-corrected chi connectivity index (χ1v) is 7.04. The molecule has 16 heavy (non-hydrogen) atoms. The zero-order valence-electron chi connectivity index (χ0n) is 10.2. The van der Waals surface area contributed by atoms with E-state index >= 15 is 0 Å². The number of fused-ring (bicyclic) bond motifs is 3. The van der Waals surface area contributed by atoms with Crippen molar-refractivity contribution in [2.24, 2.45) is 23.7 Å². The molecular weight excluding hydrogens is 194 g/mol. The van der Waals surface area contributed by atoms with Crippen LogP contribution in [0.1, 0.15) is 38.5 Å². The zero-order valence-corrected chi connectivity index (χ0v) is 10.2. The molecule has 1 heteroatoms. The maximum atomic E-state index is 5.48. The molecule has 2 aliphatic heterocycles. The number of hydrogen-bond donors (Lipinski definition) is 0. The summed E-state index contributed by atoms with van der Waals surface area (Å²) in [7, 11) is 0. The van der Waals surface area contributed by atoms with Gasteiger partial charge in [-0.05, 0) is 49.4 Å². The Morgan fingerprint density at radius 1 is 0.938 bits per heavy atom. The van der Waals surface area contributed by atoms with Crippen molar-refractivity contribution in [1.29, 1.82) is 0 Å². The van der Waals surface area contributed by atoms with Gasteiger partial charge in [0, 0.05) is 13.1 Å². The van der Waals surface area contributed by atoms with E-state index in [9.17, 15) is 0 Å². The highest BCUT2D eigenvalue weighted by Crippen LogP contribution is 2.49. The highest BCUT2D eigenvalue weighted by atomic mass is 15.1. The summed E-state index contributed by atoms with van der Waals surface area (Å²) in [5.74, 6) is 6.88. The fourth-order valence-corrected chi connectivity index (χ4v) is 4.66. The predicted octanol–water partition coefficient (Wildman–Crippen LogP) is 2.77. The van der Waals surface area contributed by atoms with Crippen molar-refractivity contribution in [3.05, 3.63) is 0 Å². The van der Waals surface area contributed by atoms with E-state index in [0.717, 1.165) is 30.2 Å². The van der Waals surface area contributed by atoms with Gasteiger partial charge in [0.05, 0.1) is 6.54 Å². The fraction of sp³-hybridized carbons (Fsp3) is 0.867. The molecule has 4 atom stereocenters. The van der Waals surface area contributed by atoms with Crippen molar-refractivity contribution in [2.75, 3.05) is 19.6 Å². The van der Waals surface area contributed by atoms with Crippen LogP contribution in [0.4, 0.5) is 0 Å². The molecule has 0 radical (unpaired) electrons. The van der Waals surface area contributed by atoms with E-state index < -0.39 is 0 Å². The molecule has 0 spiro atoms. The van der Waals surface area contributed by atoms with E-state index in [0.29, 0.717) is 0 Å². The van der Waals surface area contributed by atoms with Gasteiger partial charge in [0.25, 0.3) is 0 Å². The summed E-state index contributed by atoms with van der Waals surface area (Å²) in [6.45, 7) is 3.47. The zero-order chi connectivity index (χ0) is 11.0. The van der Waals surface area contributed by atoms with Gasteiger partial charge in [0.2, 0.25) is 0 Å². The van der Waals surface area contributed by atoms with Gasteiger partial charge in [-0.3, -0.25) is 4.90 Å². The standard InChI is InChI=1S/C15H23N/c1-2-9-16-10-12-7-8-13(11-16)15-6-4-3-5-14(12)15/h1,12-15H,3-11H2. The minimum absolute atomic E-state index is 0.881. The van der Waals surface area contributed by atoms with Crippen LogP contribution in [0.5, 0.6) is 0 Å². The van der Waals surface area contributed by atoms with Crippen LogP contribution >= 0.6 is 0 Å². The molecule has 0 aromatic heterocycles. The number of rotatable bonds is 1. The van der Waals surface area contributed by atoms with E-state index in [1.54, 1.807) is 0 Å². The van der Waals surface area contributed by atoms with E-state index in [1.807, 2.05) is 0 Å². The van der Waals surface area contributed by atoms with Crippen molar-refractivity contribution in [1.82, 2.24) is 4.90 Å². The molecule has 4 fully saturated rings. The molecule has 4 rings (SSSR count). The molecule has 2 heterocycles. The fourth-order valence-electron chi connectivity index (χ4n) is 4.66. The van der Waals surface area contributed by atoms with Crippen molar-refractivity contribution in [3.63, 3.8) is 0 Å². The molecule has 2 saturated carbocycles. The van der Waals surface area contributed by atoms with Gasteiger partial charge < -0.3 is 0 Å². The Kier molecular flexibility index (Phi) is 2.94. The Morgan fingerprint density at radius 3 is 2.00 bits per heavy atom. The molecule has 0 aromatic carbocycles. The second-order valence-electron chi connectivity index (χ2n) is 6.11. The Bertz CT molecular complexity index is 268. The van der Waals surface area contributed by atoms with E-state index in [-0.39, 0.29) is 0 Å². The summed E-state index contributed by atoms with van der Waals surface area (Å²) in [4.78, 5) is 2.56. The van der Waals surface area contributed by atoms with Gasteiger partial charge in [-0.15, -0.1) is 6.42 Å². The summed E-state index contributed by atoms with van der Waals surface area (Å²) >= 11 is 0. The minimum atomic E-state index is 0.881. The lowest BCUT2D eigenvalue weighted by Gasteiger charge is -2.43. The smallest absolute Gasteiger partial charge is 0.0599 e. The molecule has 0 amide bonds. The van der Waals surface area contributed by atoms with E-state index in [2.05, 4.69) is 10.8 Å². The van der Waals surface area contributed by atoms with Crippen molar-refractivity contribution in [3.8, 4) is 12.3 Å². The minimum Gasteiger partial charge on any atom is -0.292 e. The van der Waals surface area contributed by atoms with Gasteiger partial charge in [-0.2, -0.15) is 0 Å². The van der Waals surface area contributed by atoms with Crippen LogP contribution in [0.15, 0.2) is 0 Å². The Morgan fingerprint density at radius 2 is 1.50 bits per heavy atom. The topological polar surface area (TPSA) is 3.24 Å². The molecule has 1 nitrogen and oxygen atoms in total. The number of terminal acetylenes is 1. The normalized spacial score (nSPS) is 43.4. The lowest BCUT2D eigenvalue weighted by Crippen LogP contribution is -2.36. The van der Waals surface area contributed by atoms with Gasteiger partial charge in [0.1, 0.15) is 0 Å². The Balaban J connectivity index is 1.79. The lowest BCUT2D eigenvalue weighted by molar-refractivity contribution is 0.0766. The molecule has 2 saturated heterocycles. The highest BCUT2D eigenvalue weighted by Gasteiger charge is 2.43. The van der Waals surface area contributed by atoms with Crippen LogP contribution in [-0.4, -0.2) is 24.5 Å². The van der Waals surface area contributed by atoms with Crippen LogP contribution in [0.2, 0.25) is 0 Å². The van der Waals surface area contributed by atoms with Crippen molar-refractivity contribution >= 4 is 0 Å². The average molecular weight is 217 g/mol. The quantitative estimate of drug-likeness (QED) is 0.610. The Labute approximate surface area is 99.6 Å². The SMILES string of the molecule is C#CCN1CC2CCC(C1)C1CCCCC21.